The summed E-state index contributed by atoms with van der Waals surface area (Å²) in [7, 11) is 0. The molecular formula is C23H31NO3. The summed E-state index contributed by atoms with van der Waals surface area (Å²) in [5, 5.41) is 12.3. The number of hydroxylamine groups is 2. The first kappa shape index (κ1) is 20.0. The van der Waals surface area contributed by atoms with Crippen LogP contribution in [0.4, 0.5) is 0 Å². The van der Waals surface area contributed by atoms with E-state index in [0.29, 0.717) is 19.6 Å². The molecule has 1 aliphatic rings. The van der Waals surface area contributed by atoms with Crippen LogP contribution < -0.4 is 0 Å². The smallest absolute Gasteiger partial charge is 0.104 e. The van der Waals surface area contributed by atoms with Gasteiger partial charge in [-0.15, -0.1) is 0 Å². The van der Waals surface area contributed by atoms with Gasteiger partial charge < -0.3 is 14.7 Å². The van der Waals surface area contributed by atoms with Crippen molar-refractivity contribution < 1.29 is 14.7 Å². The first-order valence-electron chi connectivity index (χ1n) is 9.61. The molecule has 0 bridgehead atoms. The van der Waals surface area contributed by atoms with Gasteiger partial charge in [0.15, 0.2) is 0 Å². The minimum absolute atomic E-state index is 0.109. The van der Waals surface area contributed by atoms with Crippen molar-refractivity contribution in [2.45, 2.75) is 70.6 Å². The molecule has 4 heteroatoms. The molecule has 2 atom stereocenters. The van der Waals surface area contributed by atoms with E-state index in [1.807, 2.05) is 64.1 Å². The number of hydrogen-bond acceptors (Lipinski definition) is 4. The van der Waals surface area contributed by atoms with Crippen molar-refractivity contribution in [2.24, 2.45) is 0 Å². The van der Waals surface area contributed by atoms with E-state index in [9.17, 15) is 5.21 Å². The SMILES string of the molecule is CC1(C)CC(OCc2ccccc2)C(OCc2ccccc2)C(C)(C)N1O. The van der Waals surface area contributed by atoms with Gasteiger partial charge in [0, 0.05) is 5.54 Å². The Bertz CT molecular complexity index is 715. The second-order valence-corrected chi connectivity index (χ2v) is 8.53. The molecule has 0 spiro atoms. The lowest BCUT2D eigenvalue weighted by Crippen LogP contribution is -2.68. The molecule has 1 N–H and O–H groups in total. The fraction of sp³-hybridized carbons (Fsp3) is 0.478. The third kappa shape index (κ3) is 4.58. The molecule has 1 heterocycles. The van der Waals surface area contributed by atoms with E-state index < -0.39 is 11.1 Å². The molecule has 2 unspecified atom stereocenters. The summed E-state index contributed by atoms with van der Waals surface area (Å²) in [6.07, 6.45) is 0.334. The lowest BCUT2D eigenvalue weighted by molar-refractivity contribution is -0.305. The molecule has 0 aromatic heterocycles. The van der Waals surface area contributed by atoms with Gasteiger partial charge in [-0.1, -0.05) is 60.7 Å². The summed E-state index contributed by atoms with van der Waals surface area (Å²) in [5.41, 5.74) is 1.29. The van der Waals surface area contributed by atoms with Crippen LogP contribution >= 0.6 is 0 Å². The van der Waals surface area contributed by atoms with Crippen LogP contribution in [0.5, 0.6) is 0 Å². The first-order chi connectivity index (χ1) is 12.8. The average molecular weight is 370 g/mol. The topological polar surface area (TPSA) is 41.9 Å². The van der Waals surface area contributed by atoms with Crippen LogP contribution in [-0.4, -0.2) is 33.6 Å². The Kier molecular flexibility index (Phi) is 6.02. The normalized spacial score (nSPS) is 24.6. The highest BCUT2D eigenvalue weighted by Gasteiger charge is 2.53. The van der Waals surface area contributed by atoms with Crippen LogP contribution in [-0.2, 0) is 22.7 Å². The summed E-state index contributed by atoms with van der Waals surface area (Å²) < 4.78 is 12.6. The minimum atomic E-state index is -0.572. The summed E-state index contributed by atoms with van der Waals surface area (Å²) in [6.45, 7) is 9.15. The number of piperidine rings is 1. The molecule has 2 aromatic rings. The highest BCUT2D eigenvalue weighted by atomic mass is 16.6. The number of rotatable bonds is 6. The van der Waals surface area contributed by atoms with Crippen molar-refractivity contribution >= 4 is 0 Å². The number of ether oxygens (including phenoxy) is 2. The molecule has 1 saturated heterocycles. The van der Waals surface area contributed by atoms with E-state index in [0.717, 1.165) is 11.1 Å². The predicted molar refractivity (Wildman–Crippen MR) is 106 cm³/mol. The van der Waals surface area contributed by atoms with Crippen LogP contribution in [0.25, 0.3) is 0 Å². The molecule has 3 rings (SSSR count). The molecule has 4 nitrogen and oxygen atoms in total. The Hall–Kier alpha value is -1.72. The molecule has 1 fully saturated rings. The van der Waals surface area contributed by atoms with E-state index >= 15 is 0 Å². The maximum atomic E-state index is 10.8. The van der Waals surface area contributed by atoms with Gasteiger partial charge in [0.2, 0.25) is 0 Å². The van der Waals surface area contributed by atoms with Crippen molar-refractivity contribution in [3.05, 3.63) is 71.8 Å². The maximum absolute atomic E-state index is 10.8. The van der Waals surface area contributed by atoms with Crippen LogP contribution in [0, 0.1) is 0 Å². The van der Waals surface area contributed by atoms with Crippen molar-refractivity contribution in [3.63, 3.8) is 0 Å². The first-order valence-corrected chi connectivity index (χ1v) is 9.61. The molecule has 0 radical (unpaired) electrons. The summed E-state index contributed by atoms with van der Waals surface area (Å²) in [6, 6.07) is 20.3. The van der Waals surface area contributed by atoms with E-state index in [1.54, 1.807) is 0 Å². The largest absolute Gasteiger partial charge is 0.371 e. The van der Waals surface area contributed by atoms with Gasteiger partial charge in [-0.2, -0.15) is 5.06 Å². The number of nitrogens with zero attached hydrogens (tertiary/aromatic N) is 1. The van der Waals surface area contributed by atoms with E-state index in [2.05, 4.69) is 24.3 Å². The van der Waals surface area contributed by atoms with E-state index in [4.69, 9.17) is 9.47 Å². The van der Waals surface area contributed by atoms with E-state index in [1.165, 1.54) is 5.06 Å². The van der Waals surface area contributed by atoms with Gasteiger partial charge in [0.05, 0.1) is 24.9 Å². The van der Waals surface area contributed by atoms with Crippen molar-refractivity contribution in [2.75, 3.05) is 0 Å². The molecule has 146 valence electrons. The second kappa shape index (κ2) is 8.11. The van der Waals surface area contributed by atoms with Gasteiger partial charge in [-0.05, 0) is 45.2 Å². The van der Waals surface area contributed by atoms with Crippen LogP contribution in [0.15, 0.2) is 60.7 Å². The zero-order valence-corrected chi connectivity index (χ0v) is 16.8. The lowest BCUT2D eigenvalue weighted by Gasteiger charge is -2.55. The Morgan fingerprint density at radius 3 is 1.85 bits per heavy atom. The van der Waals surface area contributed by atoms with Crippen LogP contribution in [0.3, 0.4) is 0 Å². The van der Waals surface area contributed by atoms with Gasteiger partial charge in [0.25, 0.3) is 0 Å². The molecule has 2 aromatic carbocycles. The second-order valence-electron chi connectivity index (χ2n) is 8.53. The van der Waals surface area contributed by atoms with Crippen molar-refractivity contribution in [1.29, 1.82) is 0 Å². The van der Waals surface area contributed by atoms with Gasteiger partial charge in [-0.25, -0.2) is 0 Å². The Labute approximate surface area is 162 Å². The molecule has 0 amide bonds. The standard InChI is InChI=1S/C23H31NO3/c1-22(2)15-20(26-16-18-11-7-5-8-12-18)21(23(3,4)24(22)25)27-17-19-13-9-6-10-14-19/h5-14,20-21,25H,15-17H2,1-4H3. The number of benzene rings is 2. The average Bonchev–Trinajstić information content (AvgIpc) is 2.66. The quantitative estimate of drug-likeness (QED) is 0.793. The molecule has 0 aliphatic carbocycles. The van der Waals surface area contributed by atoms with Gasteiger partial charge >= 0.3 is 0 Å². The Morgan fingerprint density at radius 1 is 0.852 bits per heavy atom. The minimum Gasteiger partial charge on any atom is -0.371 e. The Morgan fingerprint density at radius 2 is 1.33 bits per heavy atom. The summed E-state index contributed by atoms with van der Waals surface area (Å²) >= 11 is 0. The van der Waals surface area contributed by atoms with Crippen LogP contribution in [0.2, 0.25) is 0 Å². The zero-order valence-electron chi connectivity index (χ0n) is 16.8. The summed E-state index contributed by atoms with van der Waals surface area (Å²) in [4.78, 5) is 0. The van der Waals surface area contributed by atoms with E-state index in [-0.39, 0.29) is 12.2 Å². The number of hydrogen-bond donors (Lipinski definition) is 1. The molecule has 0 saturated carbocycles. The third-order valence-corrected chi connectivity index (χ3v) is 5.43. The maximum Gasteiger partial charge on any atom is 0.104 e. The lowest BCUT2D eigenvalue weighted by atomic mass is 9.77. The monoisotopic (exact) mass is 369 g/mol. The highest BCUT2D eigenvalue weighted by Crippen LogP contribution is 2.40. The molecule has 27 heavy (non-hydrogen) atoms. The summed E-state index contributed by atoms with van der Waals surface area (Å²) in [5.74, 6) is 0. The Balaban J connectivity index is 1.77. The van der Waals surface area contributed by atoms with Crippen molar-refractivity contribution in [1.82, 2.24) is 5.06 Å². The van der Waals surface area contributed by atoms with Crippen LogP contribution in [0.1, 0.15) is 45.2 Å². The molecular weight excluding hydrogens is 338 g/mol. The fourth-order valence-electron chi connectivity index (χ4n) is 4.04. The van der Waals surface area contributed by atoms with Gasteiger partial charge in [-0.3, -0.25) is 0 Å². The van der Waals surface area contributed by atoms with Crippen molar-refractivity contribution in [3.8, 4) is 0 Å². The predicted octanol–water partition coefficient (Wildman–Crippen LogP) is 4.81. The molecule has 1 aliphatic heterocycles. The third-order valence-electron chi connectivity index (χ3n) is 5.43. The fourth-order valence-corrected chi connectivity index (χ4v) is 4.04. The van der Waals surface area contributed by atoms with Gasteiger partial charge in [0.1, 0.15) is 6.10 Å². The zero-order chi connectivity index (χ0) is 19.5. The highest BCUT2D eigenvalue weighted by molar-refractivity contribution is 5.15.